The van der Waals surface area contributed by atoms with Gasteiger partial charge in [0, 0.05) is 12.1 Å². The van der Waals surface area contributed by atoms with Crippen molar-refractivity contribution in [1.29, 1.82) is 0 Å². The Bertz CT molecular complexity index is 1100. The van der Waals surface area contributed by atoms with Gasteiger partial charge < -0.3 is 19.3 Å². The van der Waals surface area contributed by atoms with Crippen LogP contribution in [0.15, 0.2) is 77.7 Å². The number of aromatic nitrogens is 2. The Kier molecular flexibility index (Phi) is 7.62. The number of nitrogens with zero attached hydrogens (tertiary/aromatic N) is 1. The average Bonchev–Trinajstić information content (AvgIpc) is 3.10. The molecule has 8 heteroatoms. The van der Waals surface area contributed by atoms with Crippen LogP contribution in [0.5, 0.6) is 0 Å². The lowest BCUT2D eigenvalue weighted by Crippen LogP contribution is -2.35. The van der Waals surface area contributed by atoms with Gasteiger partial charge in [0.1, 0.15) is 10.7 Å². The van der Waals surface area contributed by atoms with Crippen LogP contribution in [0.4, 0.5) is 0 Å². The second-order valence-electron chi connectivity index (χ2n) is 7.74. The normalized spacial score (nSPS) is 22.8. The van der Waals surface area contributed by atoms with Crippen LogP contribution < -0.4 is 5.69 Å². The maximum Gasteiger partial charge on any atom is 0.328 e. The lowest BCUT2D eigenvalue weighted by Gasteiger charge is -2.20. The molecule has 4 rings (SSSR count). The van der Waals surface area contributed by atoms with Gasteiger partial charge >= 0.3 is 5.69 Å². The highest BCUT2D eigenvalue weighted by Gasteiger charge is 2.45. The fraction of sp³-hybridized carbons (Fsp3) is 0.333. The van der Waals surface area contributed by atoms with Crippen molar-refractivity contribution in [3.63, 3.8) is 0 Å². The first-order valence-electron chi connectivity index (χ1n) is 10.5. The van der Waals surface area contributed by atoms with E-state index in [0.717, 1.165) is 11.1 Å². The van der Waals surface area contributed by atoms with Gasteiger partial charge in [0.15, 0.2) is 6.23 Å². The van der Waals surface area contributed by atoms with Crippen LogP contribution >= 0.6 is 12.2 Å². The fourth-order valence-corrected chi connectivity index (χ4v) is 3.92. The molecule has 0 saturated carbocycles. The molecular formula is C24H26N2O5S. The molecule has 168 valence electrons. The summed E-state index contributed by atoms with van der Waals surface area (Å²) in [7, 11) is 0. The molecule has 0 bridgehead atoms. The van der Waals surface area contributed by atoms with Crippen molar-refractivity contribution in [2.45, 2.75) is 31.6 Å². The molecule has 1 saturated heterocycles. The monoisotopic (exact) mass is 454 g/mol. The minimum absolute atomic E-state index is 0.263. The third-order valence-electron chi connectivity index (χ3n) is 5.46. The predicted molar refractivity (Wildman–Crippen MR) is 121 cm³/mol. The van der Waals surface area contributed by atoms with Crippen LogP contribution in [0.25, 0.3) is 0 Å². The lowest BCUT2D eigenvalue weighted by molar-refractivity contribution is -0.0694. The number of hydrogen-bond acceptors (Lipinski definition) is 6. The first-order chi connectivity index (χ1) is 15.6. The van der Waals surface area contributed by atoms with Crippen molar-refractivity contribution in [2.75, 3.05) is 13.2 Å². The van der Waals surface area contributed by atoms with E-state index < -0.39 is 24.1 Å². The molecule has 3 aromatic rings. The summed E-state index contributed by atoms with van der Waals surface area (Å²) in [6, 6.07) is 21.2. The van der Waals surface area contributed by atoms with Crippen molar-refractivity contribution >= 4 is 12.2 Å². The number of nitrogens with one attached hydrogen (secondary N) is 1. The third-order valence-corrected chi connectivity index (χ3v) is 5.70. The third kappa shape index (κ3) is 5.59. The summed E-state index contributed by atoms with van der Waals surface area (Å²) in [5.74, 6) is -0.366. The molecule has 0 aliphatic carbocycles. The topological polar surface area (TPSA) is 85.7 Å². The fourth-order valence-electron chi connectivity index (χ4n) is 3.77. The molecule has 2 N–H and O–H groups in total. The maximum absolute atomic E-state index is 12.4. The van der Waals surface area contributed by atoms with Gasteiger partial charge in [-0.3, -0.25) is 9.55 Å². The molecule has 2 aromatic carbocycles. The van der Waals surface area contributed by atoms with Gasteiger partial charge in [-0.25, -0.2) is 4.79 Å². The summed E-state index contributed by atoms with van der Waals surface area (Å²) in [4.78, 5) is 14.9. The van der Waals surface area contributed by atoms with Gasteiger partial charge in [-0.2, -0.15) is 0 Å². The molecule has 0 unspecified atom stereocenters. The van der Waals surface area contributed by atoms with Crippen LogP contribution in [0, 0.1) is 10.6 Å². The SMILES string of the molecule is O=c1[nH]c(=S)ccn1[C@@H]1O[C@H](COCc2ccccc2)[C@@H](COCc2ccccc2)[C@H]1O. The number of ether oxygens (including phenoxy) is 3. The van der Waals surface area contributed by atoms with E-state index in [0.29, 0.717) is 17.9 Å². The van der Waals surface area contributed by atoms with E-state index in [1.54, 1.807) is 6.07 Å². The number of benzene rings is 2. The molecule has 0 radical (unpaired) electrons. The van der Waals surface area contributed by atoms with Crippen molar-refractivity contribution in [1.82, 2.24) is 9.55 Å². The zero-order chi connectivity index (χ0) is 22.3. The smallest absolute Gasteiger partial charge is 0.328 e. The van der Waals surface area contributed by atoms with E-state index in [-0.39, 0.29) is 19.1 Å². The second kappa shape index (κ2) is 10.8. The van der Waals surface area contributed by atoms with E-state index in [2.05, 4.69) is 4.98 Å². The molecule has 1 aliphatic heterocycles. The Balaban J connectivity index is 1.45. The number of aliphatic hydroxyl groups excluding tert-OH is 1. The van der Waals surface area contributed by atoms with Crippen molar-refractivity contribution < 1.29 is 19.3 Å². The van der Waals surface area contributed by atoms with E-state index in [1.807, 2.05) is 60.7 Å². The van der Waals surface area contributed by atoms with Crippen LogP contribution in [-0.2, 0) is 27.4 Å². The summed E-state index contributed by atoms with van der Waals surface area (Å²) >= 11 is 5.00. The minimum atomic E-state index is -0.946. The molecule has 1 fully saturated rings. The summed E-state index contributed by atoms with van der Waals surface area (Å²) in [5, 5.41) is 11.0. The van der Waals surface area contributed by atoms with E-state index >= 15 is 0 Å². The van der Waals surface area contributed by atoms with Crippen LogP contribution in [0.1, 0.15) is 17.4 Å². The molecule has 7 nitrogen and oxygen atoms in total. The maximum atomic E-state index is 12.4. The van der Waals surface area contributed by atoms with Gasteiger partial charge in [0.2, 0.25) is 0 Å². The molecule has 2 heterocycles. The van der Waals surface area contributed by atoms with Gasteiger partial charge in [-0.1, -0.05) is 72.9 Å². The van der Waals surface area contributed by atoms with E-state index in [9.17, 15) is 9.90 Å². The van der Waals surface area contributed by atoms with Crippen molar-refractivity contribution in [3.8, 4) is 0 Å². The Labute approximate surface area is 191 Å². The van der Waals surface area contributed by atoms with Gasteiger partial charge in [0.05, 0.1) is 32.5 Å². The zero-order valence-electron chi connectivity index (χ0n) is 17.5. The van der Waals surface area contributed by atoms with E-state index in [1.165, 1.54) is 10.8 Å². The van der Waals surface area contributed by atoms with Crippen LogP contribution in [0.2, 0.25) is 0 Å². The summed E-state index contributed by atoms with van der Waals surface area (Å²) in [5.41, 5.74) is 1.66. The summed E-state index contributed by atoms with van der Waals surface area (Å²) < 4.78 is 19.5. The first kappa shape index (κ1) is 22.6. The predicted octanol–water partition coefficient (Wildman–Crippen LogP) is 3.21. The Morgan fingerprint density at radius 2 is 1.53 bits per heavy atom. The number of hydrogen-bond donors (Lipinski definition) is 2. The largest absolute Gasteiger partial charge is 0.388 e. The molecule has 1 aliphatic rings. The summed E-state index contributed by atoms with van der Waals surface area (Å²) in [6.45, 7) is 1.38. The summed E-state index contributed by atoms with van der Waals surface area (Å²) in [6.07, 6.45) is -0.711. The first-order valence-corrected chi connectivity index (χ1v) is 10.9. The number of rotatable bonds is 9. The quantitative estimate of drug-likeness (QED) is 0.483. The molecular weight excluding hydrogens is 428 g/mol. The Morgan fingerprint density at radius 1 is 0.938 bits per heavy atom. The van der Waals surface area contributed by atoms with Crippen molar-refractivity contribution in [2.24, 2.45) is 5.92 Å². The van der Waals surface area contributed by atoms with E-state index in [4.69, 9.17) is 26.4 Å². The standard InChI is InChI=1S/C24H26N2O5S/c27-22-19(15-29-13-17-7-3-1-4-8-17)20(16-30-14-18-9-5-2-6-10-18)31-23(22)26-12-11-21(32)25-24(26)28/h1-12,19-20,22-23,27H,13-16H2,(H,25,28,32)/t19-,20-,22-,23-/m1/s1. The average molecular weight is 455 g/mol. The number of aromatic amines is 1. The van der Waals surface area contributed by atoms with Crippen LogP contribution in [-0.4, -0.2) is 40.1 Å². The molecule has 1 aromatic heterocycles. The highest BCUT2D eigenvalue weighted by atomic mass is 32.1. The lowest BCUT2D eigenvalue weighted by atomic mass is 9.99. The highest BCUT2D eigenvalue weighted by molar-refractivity contribution is 7.71. The highest BCUT2D eigenvalue weighted by Crippen LogP contribution is 2.34. The second-order valence-corrected chi connectivity index (χ2v) is 8.18. The molecule has 4 atom stereocenters. The Hall–Kier alpha value is -2.62. The Morgan fingerprint density at radius 3 is 2.12 bits per heavy atom. The zero-order valence-corrected chi connectivity index (χ0v) is 18.3. The van der Waals surface area contributed by atoms with Crippen molar-refractivity contribution in [3.05, 3.63) is 99.2 Å². The number of aliphatic hydroxyl groups is 1. The van der Waals surface area contributed by atoms with Gasteiger partial charge in [-0.15, -0.1) is 0 Å². The number of H-pyrrole nitrogens is 1. The molecule has 0 spiro atoms. The molecule has 0 amide bonds. The van der Waals surface area contributed by atoms with Crippen LogP contribution in [0.3, 0.4) is 0 Å². The van der Waals surface area contributed by atoms with Gasteiger partial charge in [0.25, 0.3) is 0 Å². The van der Waals surface area contributed by atoms with Gasteiger partial charge in [-0.05, 0) is 17.2 Å². The minimum Gasteiger partial charge on any atom is -0.388 e. The molecule has 32 heavy (non-hydrogen) atoms.